The molecule has 1 spiro atoms. The van der Waals surface area contributed by atoms with Crippen molar-refractivity contribution in [2.75, 3.05) is 6.54 Å². The third-order valence-corrected chi connectivity index (χ3v) is 5.35. The molecule has 1 heteroatoms. The highest BCUT2D eigenvalue weighted by Gasteiger charge is 2.73. The van der Waals surface area contributed by atoms with Crippen LogP contribution in [0.3, 0.4) is 0 Å². The van der Waals surface area contributed by atoms with Gasteiger partial charge in [0, 0.05) is 6.04 Å². The van der Waals surface area contributed by atoms with E-state index in [4.69, 9.17) is 0 Å². The summed E-state index contributed by atoms with van der Waals surface area (Å²) >= 11 is 0. The Bertz CT molecular complexity index is 246. The number of hydrogen-bond donors (Lipinski definition) is 1. The van der Waals surface area contributed by atoms with Crippen molar-refractivity contribution in [3.05, 3.63) is 0 Å². The summed E-state index contributed by atoms with van der Waals surface area (Å²) in [5.41, 5.74) is 1.40. The molecule has 0 aromatic heterocycles. The van der Waals surface area contributed by atoms with E-state index in [-0.39, 0.29) is 0 Å². The van der Waals surface area contributed by atoms with Crippen molar-refractivity contribution in [1.29, 1.82) is 0 Å². The maximum absolute atomic E-state index is 3.71. The zero-order valence-electron chi connectivity index (χ0n) is 9.77. The average molecular weight is 193 g/mol. The van der Waals surface area contributed by atoms with Crippen molar-refractivity contribution < 1.29 is 0 Å². The summed E-state index contributed by atoms with van der Waals surface area (Å²) in [5, 5.41) is 3.71. The summed E-state index contributed by atoms with van der Waals surface area (Å²) in [7, 11) is 0. The molecule has 1 unspecified atom stereocenters. The van der Waals surface area contributed by atoms with E-state index in [1.165, 1.54) is 32.2 Å². The molecule has 0 amide bonds. The van der Waals surface area contributed by atoms with E-state index in [9.17, 15) is 0 Å². The molecule has 0 aromatic rings. The van der Waals surface area contributed by atoms with Gasteiger partial charge in [-0.05, 0) is 54.9 Å². The third kappa shape index (κ3) is 1.05. The van der Waals surface area contributed by atoms with Gasteiger partial charge in [0.05, 0.1) is 0 Å². The fourth-order valence-electron chi connectivity index (χ4n) is 4.08. The normalized spacial score (nSPS) is 49.1. The molecular formula is C13H23N. The lowest BCUT2D eigenvalue weighted by Gasteiger charge is -2.37. The summed E-state index contributed by atoms with van der Waals surface area (Å²) in [4.78, 5) is 0. The largest absolute Gasteiger partial charge is 0.314 e. The van der Waals surface area contributed by atoms with E-state index < -0.39 is 0 Å². The Morgan fingerprint density at radius 2 is 1.86 bits per heavy atom. The molecule has 0 saturated heterocycles. The molecule has 3 fully saturated rings. The highest BCUT2D eigenvalue weighted by molar-refractivity contribution is 5.22. The van der Waals surface area contributed by atoms with Gasteiger partial charge in [-0.15, -0.1) is 0 Å². The van der Waals surface area contributed by atoms with Crippen molar-refractivity contribution in [2.45, 2.75) is 52.5 Å². The first-order chi connectivity index (χ1) is 6.56. The molecule has 0 aromatic carbocycles. The molecule has 3 rings (SSSR count). The smallest absolute Gasteiger partial charge is 0.00683 e. The summed E-state index contributed by atoms with van der Waals surface area (Å²) in [6.45, 7) is 8.67. The van der Waals surface area contributed by atoms with Crippen molar-refractivity contribution in [1.82, 2.24) is 5.32 Å². The lowest BCUT2D eigenvalue weighted by atomic mass is 9.68. The van der Waals surface area contributed by atoms with E-state index in [0.717, 1.165) is 23.3 Å². The minimum Gasteiger partial charge on any atom is -0.314 e. The molecule has 0 bridgehead atoms. The summed E-state index contributed by atoms with van der Waals surface area (Å²) < 4.78 is 0. The van der Waals surface area contributed by atoms with Crippen LogP contribution in [0, 0.1) is 22.7 Å². The van der Waals surface area contributed by atoms with E-state index in [1.807, 2.05) is 0 Å². The van der Waals surface area contributed by atoms with Crippen LogP contribution < -0.4 is 5.32 Å². The summed E-state index contributed by atoms with van der Waals surface area (Å²) in [5.74, 6) is 1.98. The van der Waals surface area contributed by atoms with Crippen LogP contribution in [0.5, 0.6) is 0 Å². The summed E-state index contributed by atoms with van der Waals surface area (Å²) in [6.07, 6.45) is 5.85. The van der Waals surface area contributed by atoms with Crippen LogP contribution >= 0.6 is 0 Å². The van der Waals surface area contributed by atoms with Gasteiger partial charge in [-0.1, -0.05) is 20.8 Å². The van der Waals surface area contributed by atoms with Gasteiger partial charge >= 0.3 is 0 Å². The van der Waals surface area contributed by atoms with Gasteiger partial charge in [0.1, 0.15) is 0 Å². The minimum absolute atomic E-state index is 0.640. The van der Waals surface area contributed by atoms with E-state index >= 15 is 0 Å². The lowest BCUT2D eigenvalue weighted by molar-refractivity contribution is 0.132. The van der Waals surface area contributed by atoms with E-state index in [0.29, 0.717) is 5.41 Å². The average Bonchev–Trinajstić information content (AvgIpc) is 2.88. The van der Waals surface area contributed by atoms with Crippen LogP contribution in [-0.4, -0.2) is 12.6 Å². The van der Waals surface area contributed by atoms with Gasteiger partial charge in [-0.25, -0.2) is 0 Å². The van der Waals surface area contributed by atoms with E-state index in [2.05, 4.69) is 26.1 Å². The lowest BCUT2D eigenvalue weighted by Crippen LogP contribution is -2.29. The van der Waals surface area contributed by atoms with Crippen molar-refractivity contribution >= 4 is 0 Å². The number of nitrogens with one attached hydrogen (secondary N) is 1. The monoisotopic (exact) mass is 193 g/mol. The molecule has 3 aliphatic carbocycles. The van der Waals surface area contributed by atoms with Crippen LogP contribution in [0.15, 0.2) is 0 Å². The van der Waals surface area contributed by atoms with E-state index in [1.54, 1.807) is 0 Å². The Hall–Kier alpha value is -0.0400. The Kier molecular flexibility index (Phi) is 1.68. The number of rotatable bonds is 3. The predicted molar refractivity (Wildman–Crippen MR) is 59.1 cm³/mol. The zero-order valence-corrected chi connectivity index (χ0v) is 9.77. The van der Waals surface area contributed by atoms with Gasteiger partial charge in [0.25, 0.3) is 0 Å². The molecule has 0 heterocycles. The van der Waals surface area contributed by atoms with Crippen molar-refractivity contribution in [3.8, 4) is 0 Å². The Morgan fingerprint density at radius 3 is 2.36 bits per heavy atom. The standard InChI is InChI=1S/C13H23N/c1-9-6-13(7-9)11(12(13,2)3)8-14-10-4-5-10/h9-11,14H,4-8H2,1-3H3. The molecule has 3 aliphatic rings. The molecule has 14 heavy (non-hydrogen) atoms. The first kappa shape index (κ1) is 9.21. The van der Waals surface area contributed by atoms with Crippen LogP contribution in [0.4, 0.5) is 0 Å². The van der Waals surface area contributed by atoms with Crippen molar-refractivity contribution in [2.24, 2.45) is 22.7 Å². The van der Waals surface area contributed by atoms with Gasteiger partial charge in [0.15, 0.2) is 0 Å². The second-order valence-electron chi connectivity index (χ2n) is 6.63. The second-order valence-corrected chi connectivity index (χ2v) is 6.63. The molecule has 1 N–H and O–H groups in total. The zero-order chi connectivity index (χ0) is 9.97. The van der Waals surface area contributed by atoms with Crippen molar-refractivity contribution in [3.63, 3.8) is 0 Å². The number of hydrogen-bond acceptors (Lipinski definition) is 1. The highest BCUT2D eigenvalue weighted by Crippen LogP contribution is 2.78. The molecule has 1 atom stereocenters. The van der Waals surface area contributed by atoms with Gasteiger partial charge in [-0.2, -0.15) is 0 Å². The van der Waals surface area contributed by atoms with Gasteiger partial charge in [-0.3, -0.25) is 0 Å². The first-order valence-corrected chi connectivity index (χ1v) is 6.30. The van der Waals surface area contributed by atoms with Crippen LogP contribution in [0.1, 0.15) is 46.5 Å². The second kappa shape index (κ2) is 2.55. The maximum Gasteiger partial charge on any atom is 0.00683 e. The first-order valence-electron chi connectivity index (χ1n) is 6.30. The van der Waals surface area contributed by atoms with Gasteiger partial charge in [0.2, 0.25) is 0 Å². The maximum atomic E-state index is 3.71. The molecule has 80 valence electrons. The summed E-state index contributed by atoms with van der Waals surface area (Å²) in [6, 6.07) is 0.890. The third-order valence-electron chi connectivity index (χ3n) is 5.35. The molecular weight excluding hydrogens is 170 g/mol. The highest BCUT2D eigenvalue weighted by atomic mass is 15.0. The Labute approximate surface area is 87.7 Å². The quantitative estimate of drug-likeness (QED) is 0.727. The SMILES string of the molecule is CC1CC2(C1)C(CNC1CC1)C2(C)C. The van der Waals surface area contributed by atoms with Crippen LogP contribution in [0.25, 0.3) is 0 Å². The molecule has 0 radical (unpaired) electrons. The topological polar surface area (TPSA) is 12.0 Å². The molecule has 1 nitrogen and oxygen atoms in total. The molecule has 3 saturated carbocycles. The predicted octanol–water partition coefficient (Wildman–Crippen LogP) is 2.81. The molecule has 0 aliphatic heterocycles. The Morgan fingerprint density at radius 1 is 1.21 bits per heavy atom. The fourth-order valence-corrected chi connectivity index (χ4v) is 4.08. The Balaban J connectivity index is 1.58. The minimum atomic E-state index is 0.640. The van der Waals surface area contributed by atoms with Crippen LogP contribution in [-0.2, 0) is 0 Å². The van der Waals surface area contributed by atoms with Crippen LogP contribution in [0.2, 0.25) is 0 Å². The fraction of sp³-hybridized carbons (Fsp3) is 1.00. The van der Waals surface area contributed by atoms with Gasteiger partial charge < -0.3 is 5.32 Å².